The van der Waals surface area contributed by atoms with Gasteiger partial charge in [0, 0.05) is 25.3 Å². The number of carbonyl (C=O) groups excluding carboxylic acids is 2. The highest BCUT2D eigenvalue weighted by Crippen LogP contribution is 2.34. The van der Waals surface area contributed by atoms with Gasteiger partial charge in [-0.1, -0.05) is 12.1 Å². The van der Waals surface area contributed by atoms with Crippen molar-refractivity contribution in [3.05, 3.63) is 41.6 Å². The summed E-state index contributed by atoms with van der Waals surface area (Å²) in [4.78, 5) is 25.5. The fraction of sp³-hybridized carbons (Fsp3) is 0.421. The Bertz CT molecular complexity index is 810. The van der Waals surface area contributed by atoms with Crippen molar-refractivity contribution in [1.82, 2.24) is 10.2 Å². The molecule has 156 valence electrons. The van der Waals surface area contributed by atoms with Gasteiger partial charge in [0.2, 0.25) is 0 Å². The first kappa shape index (κ1) is 22.1. The number of likely N-dealkylation sites (tertiary alicyclic amines) is 1. The van der Waals surface area contributed by atoms with Gasteiger partial charge in [-0.25, -0.2) is 4.79 Å². The predicted octanol–water partition coefficient (Wildman–Crippen LogP) is 3.26. The lowest BCUT2D eigenvalue weighted by Crippen LogP contribution is -2.44. The molecule has 2 amide bonds. The summed E-state index contributed by atoms with van der Waals surface area (Å²) in [7, 11) is 0. The van der Waals surface area contributed by atoms with Gasteiger partial charge in [-0.05, 0) is 31.9 Å². The fourth-order valence-electron chi connectivity index (χ4n) is 2.82. The predicted molar refractivity (Wildman–Crippen MR) is 98.5 cm³/mol. The third-order valence-corrected chi connectivity index (χ3v) is 4.33. The Labute approximate surface area is 166 Å². The monoisotopic (exact) mass is 410 g/mol. The summed E-state index contributed by atoms with van der Waals surface area (Å²) in [5.74, 6) is -0.944. The van der Waals surface area contributed by atoms with Crippen molar-refractivity contribution >= 4 is 17.7 Å². The van der Waals surface area contributed by atoms with Gasteiger partial charge in [0.1, 0.15) is 11.6 Å². The number of amides is 2. The molecule has 1 heterocycles. The van der Waals surface area contributed by atoms with Crippen LogP contribution in [0.4, 0.5) is 23.7 Å². The number of hydrogen-bond donors (Lipinski definition) is 2. The molecule has 0 saturated carbocycles. The van der Waals surface area contributed by atoms with Gasteiger partial charge in [-0.2, -0.15) is 18.4 Å². The lowest BCUT2D eigenvalue weighted by atomic mass is 10.1. The quantitative estimate of drug-likeness (QED) is 0.574. The number of benzene rings is 1. The number of rotatable bonds is 5. The van der Waals surface area contributed by atoms with Crippen LogP contribution in [0, 0.1) is 11.3 Å². The normalized spacial score (nSPS) is 15.4. The van der Waals surface area contributed by atoms with E-state index in [1.54, 1.807) is 17.9 Å². The maximum atomic E-state index is 13.0. The lowest BCUT2D eigenvalue weighted by molar-refractivity contribution is -0.137. The van der Waals surface area contributed by atoms with Crippen molar-refractivity contribution in [2.45, 2.75) is 32.0 Å². The Morgan fingerprint density at radius 1 is 1.31 bits per heavy atom. The number of nitriles is 1. The standard InChI is InChI=1S/C19H21F3N4O3/c1-2-29-18(28)26-9-7-14(8-10-26)24-12-13(11-23)17(27)25-16-6-4-3-5-15(16)19(20,21)22/h3-6,12,14,24H,2,7-10H2,1H3,(H,25,27)/b13-12-. The number of alkyl halides is 3. The third kappa shape index (κ3) is 6.14. The molecule has 1 saturated heterocycles. The minimum Gasteiger partial charge on any atom is -0.450 e. The van der Waals surface area contributed by atoms with E-state index >= 15 is 0 Å². The number of ether oxygens (including phenoxy) is 1. The van der Waals surface area contributed by atoms with Crippen molar-refractivity contribution in [2.24, 2.45) is 0 Å². The van der Waals surface area contributed by atoms with E-state index in [1.165, 1.54) is 18.3 Å². The van der Waals surface area contributed by atoms with E-state index in [9.17, 15) is 28.0 Å². The van der Waals surface area contributed by atoms with Crippen molar-refractivity contribution in [3.8, 4) is 6.07 Å². The average molecular weight is 410 g/mol. The number of piperidine rings is 1. The van der Waals surface area contributed by atoms with Crippen molar-refractivity contribution in [1.29, 1.82) is 5.26 Å². The maximum Gasteiger partial charge on any atom is 0.418 e. The number of nitrogens with one attached hydrogen (secondary N) is 2. The lowest BCUT2D eigenvalue weighted by Gasteiger charge is -2.31. The van der Waals surface area contributed by atoms with Crippen LogP contribution in [0.5, 0.6) is 0 Å². The first-order valence-electron chi connectivity index (χ1n) is 9.01. The molecule has 10 heteroatoms. The smallest absolute Gasteiger partial charge is 0.418 e. The zero-order valence-electron chi connectivity index (χ0n) is 15.8. The second-order valence-corrected chi connectivity index (χ2v) is 6.29. The minimum absolute atomic E-state index is 0.0840. The molecule has 1 fully saturated rings. The minimum atomic E-state index is -4.63. The second kappa shape index (κ2) is 9.82. The third-order valence-electron chi connectivity index (χ3n) is 4.33. The van der Waals surface area contributed by atoms with E-state index < -0.39 is 23.3 Å². The highest BCUT2D eigenvalue weighted by Gasteiger charge is 2.33. The van der Waals surface area contributed by atoms with Crippen LogP contribution in [0.25, 0.3) is 0 Å². The number of nitrogens with zero attached hydrogens (tertiary/aromatic N) is 2. The van der Waals surface area contributed by atoms with Gasteiger partial charge in [0.05, 0.1) is 17.9 Å². The van der Waals surface area contributed by atoms with E-state index in [-0.39, 0.29) is 24.3 Å². The molecule has 2 N–H and O–H groups in total. The summed E-state index contributed by atoms with van der Waals surface area (Å²) in [6, 6.07) is 6.14. The molecule has 1 aromatic carbocycles. The van der Waals surface area contributed by atoms with Gasteiger partial charge in [-0.15, -0.1) is 0 Å². The zero-order valence-corrected chi connectivity index (χ0v) is 15.8. The van der Waals surface area contributed by atoms with E-state index in [1.807, 2.05) is 0 Å². The maximum absolute atomic E-state index is 13.0. The van der Waals surface area contributed by atoms with Gasteiger partial charge in [0.25, 0.3) is 5.91 Å². The Kier molecular flexibility index (Phi) is 7.47. The summed E-state index contributed by atoms with van der Waals surface area (Å²) in [6.45, 7) is 2.92. The summed E-state index contributed by atoms with van der Waals surface area (Å²) < 4.78 is 44.0. The van der Waals surface area contributed by atoms with Gasteiger partial charge < -0.3 is 20.3 Å². The molecule has 29 heavy (non-hydrogen) atoms. The van der Waals surface area contributed by atoms with Gasteiger partial charge in [0.15, 0.2) is 0 Å². The summed E-state index contributed by atoms with van der Waals surface area (Å²) >= 11 is 0. The highest BCUT2D eigenvalue weighted by molar-refractivity contribution is 6.06. The van der Waals surface area contributed by atoms with Crippen molar-refractivity contribution in [2.75, 3.05) is 25.0 Å². The molecular formula is C19H21F3N4O3. The molecule has 2 rings (SSSR count). The molecule has 1 aliphatic heterocycles. The SMILES string of the molecule is CCOC(=O)N1CCC(N/C=C(/C#N)C(=O)Nc2ccccc2C(F)(F)F)CC1. The number of hydrogen-bond acceptors (Lipinski definition) is 5. The van der Waals surface area contributed by atoms with Crippen molar-refractivity contribution < 1.29 is 27.5 Å². The zero-order chi connectivity index (χ0) is 21.4. The molecule has 1 aliphatic rings. The van der Waals surface area contributed by atoms with Crippen LogP contribution in [0.1, 0.15) is 25.3 Å². The number of carbonyl (C=O) groups is 2. The average Bonchev–Trinajstić information content (AvgIpc) is 2.68. The number of para-hydroxylation sites is 1. The largest absolute Gasteiger partial charge is 0.450 e. The Hall–Kier alpha value is -3.22. The molecule has 0 aliphatic carbocycles. The first-order valence-corrected chi connectivity index (χ1v) is 9.01. The van der Waals surface area contributed by atoms with Crippen LogP contribution < -0.4 is 10.6 Å². The summed E-state index contributed by atoms with van der Waals surface area (Å²) in [5, 5.41) is 14.3. The number of halogens is 3. The molecule has 0 spiro atoms. The van der Waals surface area contributed by atoms with Crippen molar-refractivity contribution in [3.63, 3.8) is 0 Å². The first-order chi connectivity index (χ1) is 13.8. The molecule has 1 aromatic rings. The highest BCUT2D eigenvalue weighted by atomic mass is 19.4. The van der Waals surface area contributed by atoms with E-state index in [2.05, 4.69) is 10.6 Å². The Morgan fingerprint density at radius 3 is 2.55 bits per heavy atom. The van der Waals surface area contributed by atoms with E-state index in [4.69, 9.17) is 4.74 Å². The second-order valence-electron chi connectivity index (χ2n) is 6.29. The van der Waals surface area contributed by atoms with Crippen LogP contribution in [-0.2, 0) is 15.7 Å². The van der Waals surface area contributed by atoms with E-state index in [0.29, 0.717) is 25.9 Å². The fourth-order valence-corrected chi connectivity index (χ4v) is 2.82. The van der Waals surface area contributed by atoms with Crippen LogP contribution >= 0.6 is 0 Å². The molecule has 0 unspecified atom stereocenters. The summed E-state index contributed by atoms with van der Waals surface area (Å²) in [6.07, 6.45) is -2.68. The molecular weight excluding hydrogens is 389 g/mol. The van der Waals surface area contributed by atoms with Crippen LogP contribution in [0.2, 0.25) is 0 Å². The van der Waals surface area contributed by atoms with Gasteiger partial charge >= 0.3 is 12.3 Å². The Morgan fingerprint density at radius 2 is 1.97 bits per heavy atom. The number of anilines is 1. The van der Waals surface area contributed by atoms with Crippen LogP contribution in [0.3, 0.4) is 0 Å². The molecule has 0 bridgehead atoms. The molecule has 0 radical (unpaired) electrons. The topological polar surface area (TPSA) is 94.5 Å². The summed E-state index contributed by atoms with van der Waals surface area (Å²) in [5.41, 5.74) is -1.77. The van der Waals surface area contributed by atoms with Gasteiger partial charge in [-0.3, -0.25) is 4.79 Å². The van der Waals surface area contributed by atoms with E-state index in [0.717, 1.165) is 12.1 Å². The molecule has 0 atom stereocenters. The molecule has 7 nitrogen and oxygen atoms in total. The van der Waals surface area contributed by atoms with Crippen LogP contribution in [-0.4, -0.2) is 42.6 Å². The Balaban J connectivity index is 1.97. The van der Waals surface area contributed by atoms with Crippen LogP contribution in [0.15, 0.2) is 36.0 Å². The molecule has 0 aromatic heterocycles.